The van der Waals surface area contributed by atoms with Crippen molar-refractivity contribution in [3.8, 4) is 0 Å². The summed E-state index contributed by atoms with van der Waals surface area (Å²) in [6.45, 7) is 14.7. The lowest BCUT2D eigenvalue weighted by molar-refractivity contribution is -0.0223. The summed E-state index contributed by atoms with van der Waals surface area (Å²) < 4.78 is 34.1. The molecule has 2 aliphatic heterocycles. The molecule has 2 saturated heterocycles. The molecule has 7 nitrogen and oxygen atoms in total. The fourth-order valence-corrected chi connectivity index (χ4v) is 3.69. The number of likely N-dealkylation sites (tertiary alicyclic amines) is 1. The summed E-state index contributed by atoms with van der Waals surface area (Å²) >= 11 is 0. The van der Waals surface area contributed by atoms with Gasteiger partial charge in [-0.2, -0.15) is 5.10 Å². The predicted octanol–water partition coefficient (Wildman–Crippen LogP) is 3.69. The van der Waals surface area contributed by atoms with Crippen LogP contribution in [0.3, 0.4) is 0 Å². The average Bonchev–Trinajstić information content (AvgIpc) is 3.05. The van der Waals surface area contributed by atoms with Crippen molar-refractivity contribution in [2.24, 2.45) is 5.41 Å². The number of aromatic nitrogens is 2. The maximum absolute atomic E-state index is 14.7. The third-order valence-corrected chi connectivity index (χ3v) is 6.43. The molecular formula is C21H35BFN3O4. The van der Waals surface area contributed by atoms with E-state index in [2.05, 4.69) is 32.8 Å². The second kappa shape index (κ2) is 8.15. The molecule has 3 heterocycles. The fraction of sp³-hybridized carbons (Fsp3) is 0.810. The molecule has 1 amide bonds. The SMILES string of the molecule is CC(C)(C)OC(=O)N1CCC(n2cc(B3OCCC(C)(C)C(C)(C)O3)cn2)CC1F. The lowest BCUT2D eigenvalue weighted by Gasteiger charge is -2.40. The highest BCUT2D eigenvalue weighted by Gasteiger charge is 2.45. The van der Waals surface area contributed by atoms with Crippen molar-refractivity contribution in [1.29, 1.82) is 0 Å². The van der Waals surface area contributed by atoms with Gasteiger partial charge in [0.05, 0.1) is 11.6 Å². The Morgan fingerprint density at radius 2 is 2.03 bits per heavy atom. The molecule has 168 valence electrons. The van der Waals surface area contributed by atoms with E-state index in [1.54, 1.807) is 31.6 Å². The Bertz CT molecular complexity index is 762. The standard InChI is InChI=1S/C21H35BFN3O4/c1-19(2,3)29-18(27)25-10-8-16(12-17(25)23)26-14-15(13-24-26)22-28-11-9-20(4,5)21(6,7)30-22/h13-14,16-17H,8-12H2,1-7H3. The lowest BCUT2D eigenvalue weighted by Crippen LogP contribution is -2.47. The van der Waals surface area contributed by atoms with Crippen molar-refractivity contribution >= 4 is 18.7 Å². The minimum atomic E-state index is -1.41. The molecule has 3 rings (SSSR count). The summed E-state index contributed by atoms with van der Waals surface area (Å²) in [7, 11) is -0.501. The minimum absolute atomic E-state index is 0.0202. The van der Waals surface area contributed by atoms with E-state index in [0.717, 1.165) is 16.8 Å². The zero-order chi connectivity index (χ0) is 22.3. The number of ether oxygens (including phenoxy) is 1. The van der Waals surface area contributed by atoms with Crippen molar-refractivity contribution in [3.05, 3.63) is 12.4 Å². The normalized spacial score (nSPS) is 26.9. The molecule has 2 unspecified atom stereocenters. The Morgan fingerprint density at radius 3 is 2.67 bits per heavy atom. The quantitative estimate of drug-likeness (QED) is 0.536. The van der Waals surface area contributed by atoms with Gasteiger partial charge in [0.1, 0.15) is 5.60 Å². The number of alkyl halides is 1. The molecule has 2 aliphatic rings. The maximum Gasteiger partial charge on any atom is 0.497 e. The second-order valence-electron chi connectivity index (χ2n) is 10.5. The van der Waals surface area contributed by atoms with Crippen LogP contribution >= 0.6 is 0 Å². The first-order valence-electron chi connectivity index (χ1n) is 10.8. The van der Waals surface area contributed by atoms with Gasteiger partial charge in [0.2, 0.25) is 0 Å². The zero-order valence-corrected chi connectivity index (χ0v) is 19.3. The summed E-state index contributed by atoms with van der Waals surface area (Å²) in [6, 6.07) is -0.136. The third-order valence-electron chi connectivity index (χ3n) is 6.43. The Hall–Kier alpha value is -1.61. The molecule has 0 saturated carbocycles. The number of halogens is 1. The Morgan fingerprint density at radius 1 is 1.33 bits per heavy atom. The first kappa shape index (κ1) is 23.1. The summed E-state index contributed by atoms with van der Waals surface area (Å²) in [5, 5.41) is 4.45. The molecular weight excluding hydrogens is 388 g/mol. The van der Waals surface area contributed by atoms with E-state index in [-0.39, 0.29) is 30.0 Å². The van der Waals surface area contributed by atoms with Gasteiger partial charge in [0, 0.05) is 37.4 Å². The van der Waals surface area contributed by atoms with Gasteiger partial charge in [-0.05, 0) is 52.9 Å². The van der Waals surface area contributed by atoms with Crippen LogP contribution in [0.25, 0.3) is 0 Å². The van der Waals surface area contributed by atoms with Gasteiger partial charge >= 0.3 is 13.2 Å². The summed E-state index contributed by atoms with van der Waals surface area (Å²) in [6.07, 6.45) is 3.26. The zero-order valence-electron chi connectivity index (χ0n) is 19.3. The van der Waals surface area contributed by atoms with Gasteiger partial charge in [-0.15, -0.1) is 0 Å². The molecule has 2 fully saturated rings. The molecule has 1 aromatic rings. The first-order valence-corrected chi connectivity index (χ1v) is 10.8. The topological polar surface area (TPSA) is 65.8 Å². The van der Waals surface area contributed by atoms with Crippen LogP contribution in [0.2, 0.25) is 0 Å². The van der Waals surface area contributed by atoms with E-state index >= 15 is 0 Å². The van der Waals surface area contributed by atoms with Crippen LogP contribution < -0.4 is 5.46 Å². The van der Waals surface area contributed by atoms with E-state index in [4.69, 9.17) is 14.0 Å². The molecule has 0 aliphatic carbocycles. The molecule has 0 spiro atoms. The van der Waals surface area contributed by atoms with Crippen LogP contribution in [0.15, 0.2) is 12.4 Å². The smallest absolute Gasteiger partial charge is 0.444 e. The highest BCUT2D eigenvalue weighted by atomic mass is 19.1. The highest BCUT2D eigenvalue weighted by molar-refractivity contribution is 6.61. The van der Waals surface area contributed by atoms with Gasteiger partial charge in [0.15, 0.2) is 6.30 Å². The molecule has 30 heavy (non-hydrogen) atoms. The van der Waals surface area contributed by atoms with Crippen LogP contribution in [0.1, 0.15) is 73.8 Å². The number of hydrogen-bond acceptors (Lipinski definition) is 5. The monoisotopic (exact) mass is 423 g/mol. The number of piperidine rings is 1. The average molecular weight is 423 g/mol. The lowest BCUT2D eigenvalue weighted by atomic mass is 9.73. The van der Waals surface area contributed by atoms with Gasteiger partial charge in [-0.25, -0.2) is 9.18 Å². The van der Waals surface area contributed by atoms with Crippen LogP contribution in [0.5, 0.6) is 0 Å². The summed E-state index contributed by atoms with van der Waals surface area (Å²) in [5.41, 5.74) is -0.205. The van der Waals surface area contributed by atoms with E-state index in [1.165, 1.54) is 0 Å². The Kier molecular flexibility index (Phi) is 6.27. The molecule has 2 atom stereocenters. The van der Waals surface area contributed by atoms with E-state index in [1.807, 2.05) is 6.20 Å². The third kappa shape index (κ3) is 4.99. The molecule has 0 radical (unpaired) electrons. The van der Waals surface area contributed by atoms with Gasteiger partial charge in [-0.1, -0.05) is 13.8 Å². The van der Waals surface area contributed by atoms with Crippen molar-refractivity contribution in [3.63, 3.8) is 0 Å². The second-order valence-corrected chi connectivity index (χ2v) is 10.5. The van der Waals surface area contributed by atoms with Crippen molar-refractivity contribution in [2.75, 3.05) is 13.2 Å². The number of hydrogen-bond donors (Lipinski definition) is 0. The first-order chi connectivity index (χ1) is 13.8. The number of amides is 1. The number of rotatable bonds is 2. The largest absolute Gasteiger partial charge is 0.497 e. The number of carbonyl (C=O) groups is 1. The molecule has 0 bridgehead atoms. The van der Waals surface area contributed by atoms with Crippen molar-refractivity contribution in [2.45, 2.75) is 91.3 Å². The van der Waals surface area contributed by atoms with Crippen LogP contribution in [-0.4, -0.2) is 58.5 Å². The highest BCUT2D eigenvalue weighted by Crippen LogP contribution is 2.39. The van der Waals surface area contributed by atoms with Crippen molar-refractivity contribution < 1.29 is 23.2 Å². The summed E-state index contributed by atoms with van der Waals surface area (Å²) in [5.74, 6) is 0. The van der Waals surface area contributed by atoms with Crippen molar-refractivity contribution in [1.82, 2.24) is 14.7 Å². The molecule has 9 heteroatoms. The Labute approximate surface area is 179 Å². The molecule has 1 aromatic heterocycles. The minimum Gasteiger partial charge on any atom is -0.444 e. The maximum atomic E-state index is 14.7. The van der Waals surface area contributed by atoms with Crippen LogP contribution in [0, 0.1) is 5.41 Å². The molecule has 0 N–H and O–H groups in total. The van der Waals surface area contributed by atoms with E-state index in [0.29, 0.717) is 13.0 Å². The number of nitrogens with zero attached hydrogens (tertiary/aromatic N) is 3. The predicted molar refractivity (Wildman–Crippen MR) is 113 cm³/mol. The van der Waals surface area contributed by atoms with Crippen LogP contribution in [0.4, 0.5) is 9.18 Å². The van der Waals surface area contributed by atoms with Crippen LogP contribution in [-0.2, 0) is 14.0 Å². The van der Waals surface area contributed by atoms with Gasteiger partial charge in [-0.3, -0.25) is 9.58 Å². The van der Waals surface area contributed by atoms with Gasteiger partial charge < -0.3 is 14.0 Å². The number of carbonyl (C=O) groups excluding carboxylic acids is 1. The Balaban J connectivity index is 1.65. The summed E-state index contributed by atoms with van der Waals surface area (Å²) in [4.78, 5) is 13.4. The fourth-order valence-electron chi connectivity index (χ4n) is 3.69. The molecule has 0 aromatic carbocycles. The van der Waals surface area contributed by atoms with E-state index in [9.17, 15) is 9.18 Å². The van der Waals surface area contributed by atoms with E-state index < -0.39 is 25.1 Å². The van der Waals surface area contributed by atoms with Gasteiger partial charge in [0.25, 0.3) is 0 Å².